The molecule has 0 radical (unpaired) electrons. The molecule has 0 aliphatic carbocycles. The maximum Gasteiger partial charge on any atom is 0.319 e. The molecule has 0 rings (SSSR count). The topological polar surface area (TPSA) is 43.4 Å². The van der Waals surface area contributed by atoms with Crippen molar-refractivity contribution in [2.45, 2.75) is 33.6 Å². The van der Waals surface area contributed by atoms with Crippen molar-refractivity contribution >= 4 is 11.8 Å². The van der Waals surface area contributed by atoms with Gasteiger partial charge in [0.05, 0.1) is 7.11 Å². The van der Waals surface area contributed by atoms with Crippen molar-refractivity contribution in [3.05, 3.63) is 0 Å². The first-order chi connectivity index (χ1) is 5.55. The van der Waals surface area contributed by atoms with Gasteiger partial charge >= 0.3 is 5.97 Å². The van der Waals surface area contributed by atoms with Gasteiger partial charge in [0.25, 0.3) is 0 Å². The summed E-state index contributed by atoms with van der Waals surface area (Å²) >= 11 is 0. The number of esters is 1. The third-order valence-corrected chi connectivity index (χ3v) is 2.46. The summed E-state index contributed by atoms with van der Waals surface area (Å²) in [7, 11) is 1.31. The molecule has 0 bridgehead atoms. The largest absolute Gasteiger partial charge is 0.468 e. The van der Waals surface area contributed by atoms with Crippen LogP contribution < -0.4 is 0 Å². The van der Waals surface area contributed by atoms with Crippen molar-refractivity contribution in [2.24, 2.45) is 5.41 Å². The van der Waals surface area contributed by atoms with Crippen molar-refractivity contribution in [2.75, 3.05) is 7.11 Å². The average molecular weight is 172 g/mol. The minimum Gasteiger partial charge on any atom is -0.468 e. The van der Waals surface area contributed by atoms with Gasteiger partial charge in [-0.1, -0.05) is 13.8 Å². The zero-order valence-corrected chi connectivity index (χ0v) is 8.14. The number of rotatable bonds is 4. The number of ether oxygens (including phenoxy) is 1. The van der Waals surface area contributed by atoms with Crippen LogP contribution in [0.5, 0.6) is 0 Å². The number of hydrogen-bond donors (Lipinski definition) is 0. The first-order valence-electron chi connectivity index (χ1n) is 4.14. The Morgan fingerprint density at radius 1 is 1.25 bits per heavy atom. The van der Waals surface area contributed by atoms with Crippen LogP contribution in [-0.2, 0) is 14.3 Å². The second kappa shape index (κ2) is 4.24. The summed E-state index contributed by atoms with van der Waals surface area (Å²) in [5, 5.41) is 0. The Labute approximate surface area is 73.1 Å². The maximum atomic E-state index is 11.3. The molecule has 0 saturated carbocycles. The maximum absolute atomic E-state index is 11.3. The van der Waals surface area contributed by atoms with E-state index in [1.54, 1.807) is 0 Å². The number of Topliss-reactive ketones (excluding diaryl/α,β-unsaturated/α-hetero) is 1. The van der Waals surface area contributed by atoms with Crippen LogP contribution in [0, 0.1) is 5.41 Å². The second-order valence-electron chi connectivity index (χ2n) is 2.84. The molecule has 0 saturated heterocycles. The fourth-order valence-electron chi connectivity index (χ4n) is 1.38. The standard InChI is InChI=1S/C9H16O3/c1-5-9(6-2,7(3)10)8(11)12-4/h5-6H2,1-4H3. The Balaban J connectivity index is 4.82. The molecular formula is C9H16O3. The third-order valence-electron chi connectivity index (χ3n) is 2.46. The van der Waals surface area contributed by atoms with Gasteiger partial charge < -0.3 is 4.74 Å². The highest BCUT2D eigenvalue weighted by Crippen LogP contribution is 2.28. The van der Waals surface area contributed by atoms with Gasteiger partial charge in [0.2, 0.25) is 0 Å². The Kier molecular flexibility index (Phi) is 3.93. The van der Waals surface area contributed by atoms with E-state index >= 15 is 0 Å². The van der Waals surface area contributed by atoms with Crippen molar-refractivity contribution in [3.63, 3.8) is 0 Å². The predicted octanol–water partition coefficient (Wildman–Crippen LogP) is 1.55. The zero-order chi connectivity index (χ0) is 9.78. The molecule has 0 amide bonds. The summed E-state index contributed by atoms with van der Waals surface area (Å²) in [4.78, 5) is 22.5. The lowest BCUT2D eigenvalue weighted by Crippen LogP contribution is -2.37. The van der Waals surface area contributed by atoms with Crippen molar-refractivity contribution in [1.29, 1.82) is 0 Å². The van der Waals surface area contributed by atoms with Gasteiger partial charge in [-0.15, -0.1) is 0 Å². The summed E-state index contributed by atoms with van der Waals surface area (Å²) in [6.07, 6.45) is 1.01. The zero-order valence-electron chi connectivity index (χ0n) is 8.14. The molecule has 0 spiro atoms. The van der Waals surface area contributed by atoms with E-state index in [0.717, 1.165) is 0 Å². The smallest absolute Gasteiger partial charge is 0.319 e. The van der Waals surface area contributed by atoms with Gasteiger partial charge in [-0.25, -0.2) is 0 Å². The van der Waals surface area contributed by atoms with Crippen molar-refractivity contribution in [3.8, 4) is 0 Å². The van der Waals surface area contributed by atoms with Gasteiger partial charge in [0.1, 0.15) is 11.2 Å². The van der Waals surface area contributed by atoms with Crippen LogP contribution in [0.15, 0.2) is 0 Å². The molecule has 0 aromatic heterocycles. The van der Waals surface area contributed by atoms with E-state index in [1.165, 1.54) is 14.0 Å². The highest BCUT2D eigenvalue weighted by Gasteiger charge is 2.40. The fraction of sp³-hybridized carbons (Fsp3) is 0.778. The van der Waals surface area contributed by atoms with E-state index < -0.39 is 11.4 Å². The number of ketones is 1. The van der Waals surface area contributed by atoms with Crippen molar-refractivity contribution < 1.29 is 14.3 Å². The summed E-state index contributed by atoms with van der Waals surface area (Å²) in [5.74, 6) is -0.528. The first kappa shape index (κ1) is 11.1. The van der Waals surface area contributed by atoms with Crippen LogP contribution >= 0.6 is 0 Å². The van der Waals surface area contributed by atoms with E-state index in [4.69, 9.17) is 0 Å². The lowest BCUT2D eigenvalue weighted by Gasteiger charge is -2.24. The predicted molar refractivity (Wildman–Crippen MR) is 45.7 cm³/mol. The monoisotopic (exact) mass is 172 g/mol. The molecule has 3 nitrogen and oxygen atoms in total. The summed E-state index contributed by atoms with van der Waals surface area (Å²) in [6.45, 7) is 5.08. The third kappa shape index (κ3) is 1.65. The average Bonchev–Trinajstić information content (AvgIpc) is 2.06. The Morgan fingerprint density at radius 3 is 1.75 bits per heavy atom. The SMILES string of the molecule is CCC(CC)(C(C)=O)C(=O)OC. The summed E-state index contributed by atoms with van der Waals surface area (Å²) in [5.41, 5.74) is -0.908. The fourth-order valence-corrected chi connectivity index (χ4v) is 1.38. The number of carbonyl (C=O) groups is 2. The molecule has 0 aromatic rings. The molecule has 70 valence electrons. The Morgan fingerprint density at radius 2 is 1.67 bits per heavy atom. The number of hydrogen-bond acceptors (Lipinski definition) is 3. The molecule has 3 heteroatoms. The second-order valence-corrected chi connectivity index (χ2v) is 2.84. The van der Waals surface area contributed by atoms with E-state index in [9.17, 15) is 9.59 Å². The molecule has 0 aromatic carbocycles. The van der Waals surface area contributed by atoms with Gasteiger partial charge in [-0.3, -0.25) is 9.59 Å². The quantitative estimate of drug-likeness (QED) is 0.477. The minimum atomic E-state index is -0.908. The minimum absolute atomic E-state index is 0.112. The molecular weight excluding hydrogens is 156 g/mol. The van der Waals surface area contributed by atoms with Gasteiger partial charge in [0.15, 0.2) is 0 Å². The normalized spacial score (nSPS) is 11.0. The molecule has 0 fully saturated rings. The number of carbonyl (C=O) groups excluding carboxylic acids is 2. The Bertz CT molecular complexity index is 180. The van der Waals surface area contributed by atoms with E-state index in [1.807, 2.05) is 13.8 Å². The van der Waals surface area contributed by atoms with E-state index in [0.29, 0.717) is 12.8 Å². The molecule has 0 unspecified atom stereocenters. The lowest BCUT2D eigenvalue weighted by molar-refractivity contribution is -0.158. The van der Waals surface area contributed by atoms with Gasteiger partial charge in [-0.05, 0) is 19.8 Å². The lowest BCUT2D eigenvalue weighted by atomic mass is 9.79. The van der Waals surface area contributed by atoms with Crippen LogP contribution in [0.1, 0.15) is 33.6 Å². The number of methoxy groups -OCH3 is 1. The highest BCUT2D eigenvalue weighted by atomic mass is 16.5. The van der Waals surface area contributed by atoms with E-state index in [2.05, 4.69) is 4.74 Å². The Hall–Kier alpha value is -0.860. The molecule has 0 aliphatic rings. The van der Waals surface area contributed by atoms with Crippen LogP contribution in [0.25, 0.3) is 0 Å². The van der Waals surface area contributed by atoms with Crippen LogP contribution in [0.3, 0.4) is 0 Å². The molecule has 0 heterocycles. The van der Waals surface area contributed by atoms with E-state index in [-0.39, 0.29) is 5.78 Å². The van der Waals surface area contributed by atoms with Crippen molar-refractivity contribution in [1.82, 2.24) is 0 Å². The summed E-state index contributed by atoms with van der Waals surface area (Å²) < 4.78 is 4.60. The van der Waals surface area contributed by atoms with Crippen LogP contribution in [0.2, 0.25) is 0 Å². The highest BCUT2D eigenvalue weighted by molar-refractivity contribution is 6.02. The first-order valence-corrected chi connectivity index (χ1v) is 4.14. The van der Waals surface area contributed by atoms with Gasteiger partial charge in [0, 0.05) is 0 Å². The summed E-state index contributed by atoms with van der Waals surface area (Å²) in [6, 6.07) is 0. The van der Waals surface area contributed by atoms with Crippen LogP contribution in [-0.4, -0.2) is 18.9 Å². The molecule has 0 N–H and O–H groups in total. The molecule has 0 aliphatic heterocycles. The molecule has 0 atom stereocenters. The van der Waals surface area contributed by atoms with Gasteiger partial charge in [-0.2, -0.15) is 0 Å². The van der Waals surface area contributed by atoms with Crippen LogP contribution in [0.4, 0.5) is 0 Å². The molecule has 12 heavy (non-hydrogen) atoms.